The number of carbonyl (C=O) groups is 1. The number of rotatable bonds is 3. The average molecular weight is 204 g/mol. The van der Waals surface area contributed by atoms with E-state index in [2.05, 4.69) is 6.92 Å². The predicted octanol–water partition coefficient (Wildman–Crippen LogP) is 1.70. The Labute approximate surface area is 82.5 Å². The van der Waals surface area contributed by atoms with Gasteiger partial charge in [0.05, 0.1) is 0 Å². The van der Waals surface area contributed by atoms with E-state index in [1.54, 1.807) is 0 Å². The molecular formula is C9H16O3S. The zero-order valence-electron chi connectivity index (χ0n) is 7.77. The third-order valence-electron chi connectivity index (χ3n) is 2.50. The SMILES string of the molecule is CC1CCC(SC(O)C(=O)O)CC1. The van der Waals surface area contributed by atoms with Gasteiger partial charge in [-0.1, -0.05) is 6.92 Å². The zero-order chi connectivity index (χ0) is 9.84. The second kappa shape index (κ2) is 4.86. The number of aliphatic carboxylic acids is 1. The van der Waals surface area contributed by atoms with E-state index in [0.717, 1.165) is 31.6 Å². The zero-order valence-corrected chi connectivity index (χ0v) is 8.59. The van der Waals surface area contributed by atoms with Crippen LogP contribution in [0.4, 0.5) is 0 Å². The minimum absolute atomic E-state index is 0.335. The lowest BCUT2D eigenvalue weighted by molar-refractivity contribution is -0.141. The summed E-state index contributed by atoms with van der Waals surface area (Å²) in [6.07, 6.45) is 4.39. The van der Waals surface area contributed by atoms with Crippen molar-refractivity contribution in [2.24, 2.45) is 5.92 Å². The smallest absolute Gasteiger partial charge is 0.343 e. The highest BCUT2D eigenvalue weighted by Crippen LogP contribution is 2.33. The number of hydrogen-bond acceptors (Lipinski definition) is 3. The molecule has 0 aromatic rings. The lowest BCUT2D eigenvalue weighted by atomic mass is 9.91. The molecule has 1 rings (SSSR count). The maximum atomic E-state index is 10.4. The van der Waals surface area contributed by atoms with Crippen LogP contribution in [0.1, 0.15) is 32.6 Å². The summed E-state index contributed by atoms with van der Waals surface area (Å²) in [6, 6.07) is 0. The summed E-state index contributed by atoms with van der Waals surface area (Å²) in [5.74, 6) is -0.359. The van der Waals surface area contributed by atoms with Crippen LogP contribution in [-0.2, 0) is 4.79 Å². The Balaban J connectivity index is 2.26. The Morgan fingerprint density at radius 2 is 1.92 bits per heavy atom. The van der Waals surface area contributed by atoms with Gasteiger partial charge >= 0.3 is 5.97 Å². The van der Waals surface area contributed by atoms with Crippen LogP contribution in [0.25, 0.3) is 0 Å². The van der Waals surface area contributed by atoms with Crippen molar-refractivity contribution < 1.29 is 15.0 Å². The van der Waals surface area contributed by atoms with Crippen molar-refractivity contribution in [1.82, 2.24) is 0 Å². The summed E-state index contributed by atoms with van der Waals surface area (Å²) in [4.78, 5) is 10.4. The first-order valence-electron chi connectivity index (χ1n) is 4.66. The Hall–Kier alpha value is -0.220. The van der Waals surface area contributed by atoms with E-state index in [-0.39, 0.29) is 0 Å². The summed E-state index contributed by atoms with van der Waals surface area (Å²) >= 11 is 1.19. The largest absolute Gasteiger partial charge is 0.479 e. The van der Waals surface area contributed by atoms with Crippen molar-refractivity contribution >= 4 is 17.7 Å². The minimum atomic E-state index is -1.24. The topological polar surface area (TPSA) is 57.5 Å². The van der Waals surface area contributed by atoms with Crippen LogP contribution in [0.15, 0.2) is 0 Å². The summed E-state index contributed by atoms with van der Waals surface area (Å²) in [5.41, 5.74) is -1.24. The second-order valence-corrected chi connectivity index (χ2v) is 5.09. The number of thioether (sulfide) groups is 1. The molecular weight excluding hydrogens is 188 g/mol. The molecule has 0 saturated heterocycles. The van der Waals surface area contributed by atoms with Crippen LogP contribution >= 0.6 is 11.8 Å². The van der Waals surface area contributed by atoms with Gasteiger partial charge in [-0.05, 0) is 31.6 Å². The van der Waals surface area contributed by atoms with E-state index < -0.39 is 11.4 Å². The number of aliphatic hydroxyl groups is 1. The third-order valence-corrected chi connectivity index (χ3v) is 3.81. The molecule has 0 heterocycles. The van der Waals surface area contributed by atoms with Gasteiger partial charge in [0.2, 0.25) is 0 Å². The highest BCUT2D eigenvalue weighted by Gasteiger charge is 2.24. The normalized spacial score (nSPS) is 31.2. The van der Waals surface area contributed by atoms with Gasteiger partial charge in [-0.2, -0.15) is 0 Å². The molecule has 1 unspecified atom stereocenters. The first-order valence-corrected chi connectivity index (χ1v) is 5.60. The molecule has 0 aromatic carbocycles. The van der Waals surface area contributed by atoms with E-state index in [0.29, 0.717) is 5.25 Å². The fraction of sp³-hybridized carbons (Fsp3) is 0.889. The standard InChI is InChI=1S/C9H16O3S/c1-6-2-4-7(5-3-6)13-9(12)8(10)11/h6-7,9,12H,2-5H2,1H3,(H,10,11). The molecule has 1 atom stereocenters. The van der Waals surface area contributed by atoms with E-state index in [1.165, 1.54) is 11.8 Å². The molecule has 2 N–H and O–H groups in total. The summed E-state index contributed by atoms with van der Waals surface area (Å²) in [6.45, 7) is 2.22. The van der Waals surface area contributed by atoms with Crippen LogP contribution < -0.4 is 0 Å². The molecule has 0 aromatic heterocycles. The summed E-state index contributed by atoms with van der Waals surface area (Å²) in [7, 11) is 0. The molecule has 0 radical (unpaired) electrons. The van der Waals surface area contributed by atoms with Gasteiger partial charge in [0, 0.05) is 5.25 Å². The number of carboxylic acid groups (broad SMARTS) is 1. The van der Waals surface area contributed by atoms with Crippen LogP contribution in [0.2, 0.25) is 0 Å². The van der Waals surface area contributed by atoms with Crippen molar-refractivity contribution in [3.63, 3.8) is 0 Å². The minimum Gasteiger partial charge on any atom is -0.479 e. The van der Waals surface area contributed by atoms with E-state index >= 15 is 0 Å². The molecule has 3 nitrogen and oxygen atoms in total. The van der Waals surface area contributed by atoms with Gasteiger partial charge in [0.1, 0.15) is 0 Å². The number of aliphatic hydroxyl groups excluding tert-OH is 1. The molecule has 76 valence electrons. The maximum Gasteiger partial charge on any atom is 0.343 e. The van der Waals surface area contributed by atoms with Gasteiger partial charge in [0.15, 0.2) is 5.44 Å². The maximum absolute atomic E-state index is 10.4. The Morgan fingerprint density at radius 3 is 2.38 bits per heavy atom. The lowest BCUT2D eigenvalue weighted by Gasteiger charge is -2.26. The molecule has 0 aliphatic heterocycles. The van der Waals surface area contributed by atoms with Crippen LogP contribution in [0.5, 0.6) is 0 Å². The fourth-order valence-corrected chi connectivity index (χ4v) is 2.63. The molecule has 13 heavy (non-hydrogen) atoms. The fourth-order valence-electron chi connectivity index (χ4n) is 1.61. The van der Waals surface area contributed by atoms with Crippen molar-refractivity contribution in [2.75, 3.05) is 0 Å². The Kier molecular flexibility index (Phi) is 4.06. The van der Waals surface area contributed by atoms with Crippen molar-refractivity contribution in [3.8, 4) is 0 Å². The summed E-state index contributed by atoms with van der Waals surface area (Å²) in [5, 5.41) is 17.9. The van der Waals surface area contributed by atoms with E-state index in [9.17, 15) is 4.79 Å². The lowest BCUT2D eigenvalue weighted by Crippen LogP contribution is -2.22. The Morgan fingerprint density at radius 1 is 1.38 bits per heavy atom. The first kappa shape index (κ1) is 10.9. The molecule has 0 amide bonds. The number of hydrogen-bond donors (Lipinski definition) is 2. The molecule has 1 aliphatic rings. The molecule has 0 bridgehead atoms. The van der Waals surface area contributed by atoms with Gasteiger partial charge < -0.3 is 10.2 Å². The third kappa shape index (κ3) is 3.56. The highest BCUT2D eigenvalue weighted by atomic mass is 32.2. The van der Waals surface area contributed by atoms with Gasteiger partial charge in [0.25, 0.3) is 0 Å². The molecule has 4 heteroatoms. The first-order chi connectivity index (χ1) is 6.09. The average Bonchev–Trinajstić information content (AvgIpc) is 2.08. The molecule has 1 fully saturated rings. The van der Waals surface area contributed by atoms with Crippen LogP contribution in [0.3, 0.4) is 0 Å². The Bertz CT molecular complexity index is 176. The van der Waals surface area contributed by atoms with Crippen LogP contribution in [0, 0.1) is 5.92 Å². The van der Waals surface area contributed by atoms with Crippen molar-refractivity contribution in [1.29, 1.82) is 0 Å². The van der Waals surface area contributed by atoms with Crippen LogP contribution in [-0.4, -0.2) is 26.9 Å². The van der Waals surface area contributed by atoms with Crippen molar-refractivity contribution in [2.45, 2.75) is 43.3 Å². The quantitative estimate of drug-likeness (QED) is 0.687. The van der Waals surface area contributed by atoms with Gasteiger partial charge in [-0.15, -0.1) is 11.8 Å². The molecule has 1 saturated carbocycles. The van der Waals surface area contributed by atoms with Crippen molar-refractivity contribution in [3.05, 3.63) is 0 Å². The van der Waals surface area contributed by atoms with Gasteiger partial charge in [-0.3, -0.25) is 0 Å². The van der Waals surface area contributed by atoms with Gasteiger partial charge in [-0.25, -0.2) is 4.79 Å². The molecule has 1 aliphatic carbocycles. The predicted molar refractivity (Wildman–Crippen MR) is 52.7 cm³/mol. The number of carboxylic acids is 1. The second-order valence-electron chi connectivity index (χ2n) is 3.71. The van der Waals surface area contributed by atoms with E-state index in [4.69, 9.17) is 10.2 Å². The summed E-state index contributed by atoms with van der Waals surface area (Å²) < 4.78 is 0. The highest BCUT2D eigenvalue weighted by molar-refractivity contribution is 8.01. The van der Waals surface area contributed by atoms with E-state index in [1.807, 2.05) is 0 Å². The molecule has 0 spiro atoms. The monoisotopic (exact) mass is 204 g/mol.